The number of nitrogens with one attached hydrogen (secondary N) is 2. The highest BCUT2D eigenvalue weighted by Crippen LogP contribution is 2.32. The first-order valence-electron chi connectivity index (χ1n) is 7.05. The van der Waals surface area contributed by atoms with E-state index < -0.39 is 17.6 Å². The Morgan fingerprint density at radius 3 is 2.48 bits per heavy atom. The van der Waals surface area contributed by atoms with Crippen LogP contribution in [-0.4, -0.2) is 18.5 Å². The first-order chi connectivity index (χ1) is 9.79. The molecule has 118 valence electrons. The normalized spacial score (nSPS) is 12.9. The van der Waals surface area contributed by atoms with Gasteiger partial charge in [-0.1, -0.05) is 13.8 Å². The first-order valence-corrected chi connectivity index (χ1v) is 7.05. The fourth-order valence-electron chi connectivity index (χ4n) is 1.73. The van der Waals surface area contributed by atoms with Gasteiger partial charge in [0.1, 0.15) is 0 Å². The molecular weight excluding hydrogens is 281 g/mol. The van der Waals surface area contributed by atoms with Gasteiger partial charge in [-0.25, -0.2) is 0 Å². The van der Waals surface area contributed by atoms with Crippen LogP contribution in [0.25, 0.3) is 0 Å². The Kier molecular flexibility index (Phi) is 6.05. The summed E-state index contributed by atoms with van der Waals surface area (Å²) in [6, 6.07) is 3.10. The number of anilines is 1. The molecule has 1 rings (SSSR count). The summed E-state index contributed by atoms with van der Waals surface area (Å²) in [5.74, 6) is -0.492. The molecule has 0 saturated carbocycles. The van der Waals surface area contributed by atoms with Crippen LogP contribution in [0.4, 0.5) is 18.9 Å². The number of hydrogen-bond acceptors (Lipinski definition) is 2. The summed E-state index contributed by atoms with van der Waals surface area (Å²) >= 11 is 0. The molecule has 0 spiro atoms. The van der Waals surface area contributed by atoms with Gasteiger partial charge in [0.2, 0.25) is 0 Å². The third kappa shape index (κ3) is 4.95. The maximum Gasteiger partial charge on any atom is 0.416 e. The van der Waals surface area contributed by atoms with Crippen molar-refractivity contribution in [2.24, 2.45) is 0 Å². The Bertz CT molecular complexity index is 486. The Balaban J connectivity index is 3.12. The van der Waals surface area contributed by atoms with E-state index in [2.05, 4.69) is 10.6 Å². The number of carbonyl (C=O) groups is 1. The van der Waals surface area contributed by atoms with Crippen LogP contribution < -0.4 is 10.6 Å². The van der Waals surface area contributed by atoms with Gasteiger partial charge in [-0.15, -0.1) is 0 Å². The number of halogens is 3. The minimum absolute atomic E-state index is 0.0265. The second kappa shape index (κ2) is 7.33. The maximum atomic E-state index is 12.8. The lowest BCUT2D eigenvalue weighted by Crippen LogP contribution is -2.32. The van der Waals surface area contributed by atoms with Crippen molar-refractivity contribution in [3.8, 4) is 0 Å². The average molecular weight is 302 g/mol. The third-order valence-corrected chi connectivity index (χ3v) is 3.15. The largest absolute Gasteiger partial charge is 0.416 e. The molecule has 0 heterocycles. The van der Waals surface area contributed by atoms with Crippen LogP contribution in [0.3, 0.4) is 0 Å². The fourth-order valence-corrected chi connectivity index (χ4v) is 1.73. The highest BCUT2D eigenvalue weighted by atomic mass is 19.4. The molecule has 1 atom stereocenters. The van der Waals surface area contributed by atoms with Crippen molar-refractivity contribution in [1.82, 2.24) is 5.32 Å². The molecule has 0 aliphatic rings. The van der Waals surface area contributed by atoms with E-state index in [0.717, 1.165) is 18.6 Å². The second-order valence-corrected chi connectivity index (χ2v) is 4.97. The van der Waals surface area contributed by atoms with Crippen LogP contribution in [-0.2, 0) is 6.18 Å². The van der Waals surface area contributed by atoms with Gasteiger partial charge < -0.3 is 10.6 Å². The minimum Gasteiger partial charge on any atom is -0.384 e. The molecule has 1 aromatic carbocycles. The number of rotatable bonds is 6. The predicted molar refractivity (Wildman–Crippen MR) is 77.4 cm³/mol. The van der Waals surface area contributed by atoms with Crippen LogP contribution in [0, 0.1) is 0 Å². The first kappa shape index (κ1) is 17.3. The van der Waals surface area contributed by atoms with Crippen molar-refractivity contribution < 1.29 is 18.0 Å². The minimum atomic E-state index is -4.46. The molecule has 2 N–H and O–H groups in total. The van der Waals surface area contributed by atoms with Gasteiger partial charge in [0.05, 0.1) is 11.1 Å². The molecule has 0 aromatic heterocycles. The van der Waals surface area contributed by atoms with Gasteiger partial charge in [-0.2, -0.15) is 13.2 Å². The number of alkyl halides is 3. The van der Waals surface area contributed by atoms with Crippen LogP contribution in [0.2, 0.25) is 0 Å². The summed E-state index contributed by atoms with van der Waals surface area (Å²) in [5, 5.41) is 5.68. The smallest absolute Gasteiger partial charge is 0.384 e. The van der Waals surface area contributed by atoms with Crippen molar-refractivity contribution in [2.75, 3.05) is 11.9 Å². The molecule has 0 fully saturated rings. The van der Waals surface area contributed by atoms with Crippen LogP contribution in [0.1, 0.15) is 49.5 Å². The third-order valence-electron chi connectivity index (χ3n) is 3.15. The van der Waals surface area contributed by atoms with E-state index in [1.807, 2.05) is 20.8 Å². The summed E-state index contributed by atoms with van der Waals surface area (Å²) < 4.78 is 38.4. The molecular formula is C15H21F3N2O. The number of hydrogen-bond donors (Lipinski definition) is 2. The monoisotopic (exact) mass is 302 g/mol. The Hall–Kier alpha value is -1.72. The van der Waals surface area contributed by atoms with E-state index in [1.165, 1.54) is 6.07 Å². The van der Waals surface area contributed by atoms with Crippen LogP contribution in [0.5, 0.6) is 0 Å². The van der Waals surface area contributed by atoms with Crippen molar-refractivity contribution in [3.63, 3.8) is 0 Å². The van der Waals surface area contributed by atoms with Gasteiger partial charge in [0, 0.05) is 18.3 Å². The van der Waals surface area contributed by atoms with Gasteiger partial charge in [-0.05, 0) is 38.0 Å². The van der Waals surface area contributed by atoms with Gasteiger partial charge in [0.15, 0.2) is 0 Å². The van der Waals surface area contributed by atoms with E-state index in [0.29, 0.717) is 18.7 Å². The molecule has 0 saturated heterocycles. The van der Waals surface area contributed by atoms with Crippen molar-refractivity contribution in [2.45, 2.75) is 45.8 Å². The predicted octanol–water partition coefficient (Wildman–Crippen LogP) is 4.06. The van der Waals surface area contributed by atoms with E-state index >= 15 is 0 Å². The lowest BCUT2D eigenvalue weighted by Gasteiger charge is -2.17. The maximum absolute atomic E-state index is 12.8. The van der Waals surface area contributed by atoms with Gasteiger partial charge >= 0.3 is 6.18 Å². The van der Waals surface area contributed by atoms with Crippen LogP contribution in [0.15, 0.2) is 18.2 Å². The van der Waals surface area contributed by atoms with E-state index in [-0.39, 0.29) is 11.6 Å². The van der Waals surface area contributed by atoms with Crippen molar-refractivity contribution >= 4 is 11.6 Å². The van der Waals surface area contributed by atoms with Gasteiger partial charge in [0.25, 0.3) is 5.91 Å². The Morgan fingerprint density at radius 1 is 1.29 bits per heavy atom. The highest BCUT2D eigenvalue weighted by molar-refractivity contribution is 6.00. The molecule has 1 amide bonds. The average Bonchev–Trinajstić information content (AvgIpc) is 2.43. The molecule has 0 aliphatic heterocycles. The molecule has 21 heavy (non-hydrogen) atoms. The summed E-state index contributed by atoms with van der Waals surface area (Å²) in [6.07, 6.45) is -2.94. The Labute approximate surface area is 122 Å². The molecule has 0 bridgehead atoms. The molecule has 0 aliphatic carbocycles. The number of carbonyl (C=O) groups excluding carboxylic acids is 1. The van der Waals surface area contributed by atoms with Crippen LogP contribution >= 0.6 is 0 Å². The van der Waals surface area contributed by atoms with Gasteiger partial charge in [-0.3, -0.25) is 4.79 Å². The zero-order chi connectivity index (χ0) is 16.0. The lowest BCUT2D eigenvalue weighted by atomic mass is 10.1. The second-order valence-electron chi connectivity index (χ2n) is 4.97. The summed E-state index contributed by atoms with van der Waals surface area (Å²) in [7, 11) is 0. The van der Waals surface area contributed by atoms with Crippen molar-refractivity contribution in [3.05, 3.63) is 29.3 Å². The molecule has 6 heteroatoms. The highest BCUT2D eigenvalue weighted by Gasteiger charge is 2.31. The SMILES string of the molecule is CCCNc1ccc(C(F)(F)F)cc1C(=O)NC(C)CC. The van der Waals surface area contributed by atoms with E-state index in [1.54, 1.807) is 0 Å². The van der Waals surface area contributed by atoms with Crippen molar-refractivity contribution in [1.29, 1.82) is 0 Å². The number of amides is 1. The molecule has 0 radical (unpaired) electrons. The topological polar surface area (TPSA) is 41.1 Å². The zero-order valence-electron chi connectivity index (χ0n) is 12.5. The number of benzene rings is 1. The van der Waals surface area contributed by atoms with E-state index in [4.69, 9.17) is 0 Å². The summed E-state index contributed by atoms with van der Waals surface area (Å²) in [5.41, 5.74) is -0.372. The molecule has 1 unspecified atom stereocenters. The summed E-state index contributed by atoms with van der Waals surface area (Å²) in [6.45, 7) is 6.24. The lowest BCUT2D eigenvalue weighted by molar-refractivity contribution is -0.137. The summed E-state index contributed by atoms with van der Waals surface area (Å²) in [4.78, 5) is 12.2. The quantitative estimate of drug-likeness (QED) is 0.832. The Morgan fingerprint density at radius 2 is 1.95 bits per heavy atom. The zero-order valence-corrected chi connectivity index (χ0v) is 12.5. The standard InChI is InChI=1S/C15H21F3N2O/c1-4-8-19-13-7-6-11(15(16,17)18)9-12(13)14(21)20-10(3)5-2/h6-7,9-10,19H,4-5,8H2,1-3H3,(H,20,21). The fraction of sp³-hybridized carbons (Fsp3) is 0.533. The molecule has 3 nitrogen and oxygen atoms in total. The van der Waals surface area contributed by atoms with E-state index in [9.17, 15) is 18.0 Å². The molecule has 1 aromatic rings.